The molecule has 0 aromatic heterocycles. The lowest BCUT2D eigenvalue weighted by atomic mass is 9.85. The standard InChI is InChI=1S/C24H36N4O5/c1-17(32-6)19(25-22(31)33-23(2,3)4)20(29)27-14-12-24(13-15-27)21(30)26(5)16-28(24)18-10-8-7-9-11-18/h7-11,17,19H,12-16H2,1-6H3,(H,25,31)/t17-,19+/m0/s1. The van der Waals surface area contributed by atoms with Crippen molar-refractivity contribution in [2.75, 3.05) is 38.8 Å². The van der Waals surface area contributed by atoms with E-state index in [0.717, 1.165) is 5.69 Å². The van der Waals surface area contributed by atoms with Crippen LogP contribution in [0.1, 0.15) is 40.5 Å². The number of hydrogen-bond acceptors (Lipinski definition) is 6. The summed E-state index contributed by atoms with van der Waals surface area (Å²) in [5, 5.41) is 2.67. The molecule has 3 amide bonds. The van der Waals surface area contributed by atoms with Gasteiger partial charge in [0.25, 0.3) is 0 Å². The summed E-state index contributed by atoms with van der Waals surface area (Å²) >= 11 is 0. The van der Waals surface area contributed by atoms with Gasteiger partial charge in [0.05, 0.1) is 12.8 Å². The molecule has 2 heterocycles. The SMILES string of the molecule is CO[C@@H](C)[C@@H](NC(=O)OC(C)(C)C)C(=O)N1CCC2(CC1)C(=O)N(C)CN2c1ccccc1. The Balaban J connectivity index is 1.74. The number of rotatable bonds is 5. The number of hydrogen-bond donors (Lipinski definition) is 1. The third kappa shape index (κ3) is 5.24. The molecule has 9 heteroatoms. The van der Waals surface area contributed by atoms with E-state index in [-0.39, 0.29) is 11.8 Å². The smallest absolute Gasteiger partial charge is 0.408 e. The number of likely N-dealkylation sites (N-methyl/N-ethyl adjacent to an activating group) is 1. The minimum atomic E-state index is -0.883. The first-order valence-electron chi connectivity index (χ1n) is 11.4. The molecule has 1 aromatic carbocycles. The van der Waals surface area contributed by atoms with Crippen molar-refractivity contribution in [2.45, 2.75) is 63.8 Å². The second kappa shape index (κ2) is 9.59. The van der Waals surface area contributed by atoms with Crippen LogP contribution in [0.15, 0.2) is 30.3 Å². The maximum absolute atomic E-state index is 13.4. The lowest BCUT2D eigenvalue weighted by Crippen LogP contribution is -2.61. The molecule has 0 unspecified atom stereocenters. The minimum absolute atomic E-state index is 0.0761. The van der Waals surface area contributed by atoms with Crippen molar-refractivity contribution in [3.05, 3.63) is 30.3 Å². The second-order valence-electron chi connectivity index (χ2n) is 9.83. The molecule has 2 aliphatic heterocycles. The van der Waals surface area contributed by atoms with Gasteiger partial charge < -0.3 is 29.5 Å². The van der Waals surface area contributed by atoms with Gasteiger partial charge in [-0.3, -0.25) is 9.59 Å². The van der Waals surface area contributed by atoms with E-state index in [9.17, 15) is 14.4 Å². The van der Waals surface area contributed by atoms with Gasteiger partial charge in [-0.15, -0.1) is 0 Å². The zero-order valence-corrected chi connectivity index (χ0v) is 20.5. The van der Waals surface area contributed by atoms with Crippen molar-refractivity contribution < 1.29 is 23.9 Å². The number of alkyl carbamates (subject to hydrolysis) is 1. The van der Waals surface area contributed by atoms with E-state index >= 15 is 0 Å². The number of piperidine rings is 1. The van der Waals surface area contributed by atoms with Crippen LogP contribution in [0.2, 0.25) is 0 Å². The van der Waals surface area contributed by atoms with E-state index < -0.39 is 29.4 Å². The van der Waals surface area contributed by atoms with Gasteiger partial charge in [-0.25, -0.2) is 4.79 Å². The van der Waals surface area contributed by atoms with E-state index in [0.29, 0.717) is 32.6 Å². The topological polar surface area (TPSA) is 91.4 Å². The monoisotopic (exact) mass is 460 g/mol. The predicted molar refractivity (Wildman–Crippen MR) is 125 cm³/mol. The molecule has 1 spiro atoms. The van der Waals surface area contributed by atoms with Crippen LogP contribution in [0.25, 0.3) is 0 Å². The Morgan fingerprint density at radius 1 is 1.12 bits per heavy atom. The number of ether oxygens (including phenoxy) is 2. The van der Waals surface area contributed by atoms with E-state index in [4.69, 9.17) is 9.47 Å². The number of methoxy groups -OCH3 is 1. The summed E-state index contributed by atoms with van der Waals surface area (Å²) in [6.07, 6.45) is -0.184. The summed E-state index contributed by atoms with van der Waals surface area (Å²) in [5.41, 5.74) is -0.359. The molecule has 2 fully saturated rings. The Hall–Kier alpha value is -2.81. The number of amides is 3. The second-order valence-corrected chi connectivity index (χ2v) is 9.83. The number of carbonyl (C=O) groups is 3. The molecular formula is C24H36N4O5. The van der Waals surface area contributed by atoms with Crippen LogP contribution in [0.5, 0.6) is 0 Å². The number of benzene rings is 1. The maximum Gasteiger partial charge on any atom is 0.408 e. The first-order valence-corrected chi connectivity index (χ1v) is 11.4. The number of likely N-dealkylation sites (tertiary alicyclic amines) is 1. The van der Waals surface area contributed by atoms with Crippen LogP contribution in [-0.2, 0) is 19.1 Å². The third-order valence-corrected chi connectivity index (χ3v) is 6.36. The van der Waals surface area contributed by atoms with Gasteiger partial charge in [-0.1, -0.05) is 18.2 Å². The first-order chi connectivity index (χ1) is 15.5. The highest BCUT2D eigenvalue weighted by Gasteiger charge is 2.53. The Bertz CT molecular complexity index is 861. The van der Waals surface area contributed by atoms with E-state index in [1.54, 1.807) is 37.5 Å². The van der Waals surface area contributed by atoms with Gasteiger partial charge in [0.1, 0.15) is 17.2 Å². The molecule has 1 aromatic rings. The molecule has 33 heavy (non-hydrogen) atoms. The highest BCUT2D eigenvalue weighted by molar-refractivity contribution is 5.94. The molecule has 0 radical (unpaired) electrons. The highest BCUT2D eigenvalue weighted by atomic mass is 16.6. The van der Waals surface area contributed by atoms with Gasteiger partial charge in [-0.2, -0.15) is 0 Å². The van der Waals surface area contributed by atoms with E-state index in [1.807, 2.05) is 37.4 Å². The predicted octanol–water partition coefficient (Wildman–Crippen LogP) is 2.21. The largest absolute Gasteiger partial charge is 0.444 e. The van der Waals surface area contributed by atoms with Gasteiger partial charge in [-0.05, 0) is 52.7 Å². The Labute approximate surface area is 196 Å². The van der Waals surface area contributed by atoms with E-state index in [1.165, 1.54) is 7.11 Å². The summed E-state index contributed by atoms with van der Waals surface area (Å²) in [5.74, 6) is -0.165. The van der Waals surface area contributed by atoms with Crippen molar-refractivity contribution in [3.63, 3.8) is 0 Å². The van der Waals surface area contributed by atoms with Crippen molar-refractivity contribution in [3.8, 4) is 0 Å². The molecule has 2 saturated heterocycles. The van der Waals surface area contributed by atoms with Crippen LogP contribution < -0.4 is 10.2 Å². The van der Waals surface area contributed by atoms with Crippen LogP contribution in [0, 0.1) is 0 Å². The lowest BCUT2D eigenvalue weighted by Gasteiger charge is -2.44. The molecule has 0 bridgehead atoms. The van der Waals surface area contributed by atoms with Gasteiger partial charge in [0, 0.05) is 32.9 Å². The normalized spacial score (nSPS) is 20.1. The molecule has 0 saturated carbocycles. The number of nitrogens with one attached hydrogen (secondary N) is 1. The molecular weight excluding hydrogens is 424 g/mol. The number of para-hydroxylation sites is 1. The average molecular weight is 461 g/mol. The molecule has 182 valence electrons. The number of carbonyl (C=O) groups excluding carboxylic acids is 3. The summed E-state index contributed by atoms with van der Waals surface area (Å²) in [7, 11) is 3.31. The van der Waals surface area contributed by atoms with Crippen LogP contribution >= 0.6 is 0 Å². The quantitative estimate of drug-likeness (QED) is 0.725. The number of anilines is 1. The van der Waals surface area contributed by atoms with Crippen LogP contribution in [0.4, 0.5) is 10.5 Å². The Morgan fingerprint density at radius 2 is 1.73 bits per heavy atom. The molecule has 3 rings (SSSR count). The minimum Gasteiger partial charge on any atom is -0.444 e. The van der Waals surface area contributed by atoms with Crippen molar-refractivity contribution in [1.82, 2.24) is 15.1 Å². The van der Waals surface area contributed by atoms with E-state index in [2.05, 4.69) is 10.2 Å². The zero-order chi connectivity index (χ0) is 24.4. The molecule has 2 aliphatic rings. The summed E-state index contributed by atoms with van der Waals surface area (Å²) in [4.78, 5) is 44.5. The maximum atomic E-state index is 13.4. The summed E-state index contributed by atoms with van der Waals surface area (Å²) in [6, 6.07) is 9.01. The van der Waals surface area contributed by atoms with Gasteiger partial charge in [0.15, 0.2) is 0 Å². The molecule has 1 N–H and O–H groups in total. The average Bonchev–Trinajstić information content (AvgIpc) is 3.01. The van der Waals surface area contributed by atoms with Crippen LogP contribution in [0.3, 0.4) is 0 Å². The fourth-order valence-corrected chi connectivity index (χ4v) is 4.55. The molecule has 0 aliphatic carbocycles. The van der Waals surface area contributed by atoms with Crippen molar-refractivity contribution in [1.29, 1.82) is 0 Å². The Morgan fingerprint density at radius 3 is 2.27 bits per heavy atom. The molecule has 9 nitrogen and oxygen atoms in total. The van der Waals surface area contributed by atoms with Crippen molar-refractivity contribution in [2.24, 2.45) is 0 Å². The highest BCUT2D eigenvalue weighted by Crippen LogP contribution is 2.39. The van der Waals surface area contributed by atoms with Crippen LogP contribution in [-0.4, -0.2) is 84.9 Å². The first kappa shape index (κ1) is 24.8. The third-order valence-electron chi connectivity index (χ3n) is 6.36. The van der Waals surface area contributed by atoms with Crippen molar-refractivity contribution >= 4 is 23.6 Å². The summed E-state index contributed by atoms with van der Waals surface area (Å²) < 4.78 is 10.7. The fraction of sp³-hybridized carbons (Fsp3) is 0.625. The van der Waals surface area contributed by atoms with Gasteiger partial charge in [0.2, 0.25) is 11.8 Å². The molecule has 2 atom stereocenters. The summed E-state index contributed by atoms with van der Waals surface area (Å²) in [6.45, 7) is 8.36. The lowest BCUT2D eigenvalue weighted by molar-refractivity contribution is -0.141. The van der Waals surface area contributed by atoms with Gasteiger partial charge >= 0.3 is 6.09 Å². The fourth-order valence-electron chi connectivity index (χ4n) is 4.55. The number of nitrogens with zero attached hydrogens (tertiary/aromatic N) is 3. The Kier molecular flexibility index (Phi) is 7.21. The zero-order valence-electron chi connectivity index (χ0n) is 20.5.